The van der Waals surface area contributed by atoms with Crippen LogP contribution in [0.25, 0.3) is 11.3 Å². The van der Waals surface area contributed by atoms with E-state index in [-0.39, 0.29) is 6.10 Å². The van der Waals surface area contributed by atoms with Gasteiger partial charge >= 0.3 is 0 Å². The van der Waals surface area contributed by atoms with Crippen LogP contribution < -0.4 is 5.32 Å². The van der Waals surface area contributed by atoms with Crippen molar-refractivity contribution in [2.45, 2.75) is 38.7 Å². The number of benzene rings is 3. The molecule has 0 aliphatic carbocycles. The first-order chi connectivity index (χ1) is 16.2. The van der Waals surface area contributed by atoms with Crippen molar-refractivity contribution in [3.8, 4) is 0 Å². The minimum atomic E-state index is -0.107. The van der Waals surface area contributed by atoms with Crippen molar-refractivity contribution in [2.75, 3.05) is 11.9 Å². The summed E-state index contributed by atoms with van der Waals surface area (Å²) in [6.07, 6.45) is 10.9. The lowest BCUT2D eigenvalue weighted by molar-refractivity contribution is 0.252. The van der Waals surface area contributed by atoms with Crippen LogP contribution in [0.15, 0.2) is 97.1 Å². The third-order valence-corrected chi connectivity index (χ3v) is 6.64. The number of anilines is 1. The maximum atomic E-state index is 6.47. The summed E-state index contributed by atoms with van der Waals surface area (Å²) in [7, 11) is 0. The molecule has 2 heterocycles. The minimum Gasteiger partial charge on any atom is -0.482 e. The Balaban J connectivity index is 1.45. The molecule has 2 aliphatic heterocycles. The number of hydrogen-bond acceptors (Lipinski definition) is 2. The Morgan fingerprint density at radius 2 is 1.48 bits per heavy atom. The van der Waals surface area contributed by atoms with Crippen molar-refractivity contribution in [1.29, 1.82) is 0 Å². The van der Waals surface area contributed by atoms with E-state index in [1.165, 1.54) is 33.5 Å². The lowest BCUT2D eigenvalue weighted by Crippen LogP contribution is -2.12. The van der Waals surface area contributed by atoms with E-state index >= 15 is 0 Å². The van der Waals surface area contributed by atoms with Gasteiger partial charge < -0.3 is 10.1 Å². The zero-order chi connectivity index (χ0) is 22.6. The largest absolute Gasteiger partial charge is 0.482 e. The quantitative estimate of drug-likeness (QED) is 0.409. The number of allylic oxidation sites excluding steroid dienone is 2. The topological polar surface area (TPSA) is 21.3 Å². The number of ether oxygens (including phenoxy) is 1. The molecule has 0 spiro atoms. The van der Waals surface area contributed by atoms with Gasteiger partial charge in [-0.2, -0.15) is 0 Å². The zero-order valence-corrected chi connectivity index (χ0v) is 19.4. The fraction of sp³-hybridized carbons (Fsp3) is 0.226. The van der Waals surface area contributed by atoms with E-state index in [0.717, 1.165) is 30.7 Å². The molecule has 2 nitrogen and oxygen atoms in total. The highest BCUT2D eigenvalue weighted by Crippen LogP contribution is 2.34. The fourth-order valence-electron chi connectivity index (χ4n) is 4.57. The molecular weight excluding hydrogens is 402 g/mol. The molecule has 0 fully saturated rings. The lowest BCUT2D eigenvalue weighted by Gasteiger charge is -2.23. The van der Waals surface area contributed by atoms with Gasteiger partial charge in [-0.05, 0) is 65.0 Å². The van der Waals surface area contributed by atoms with Crippen LogP contribution in [-0.2, 0) is 17.6 Å². The third-order valence-electron chi connectivity index (χ3n) is 6.64. The number of nitrogens with one attached hydrogen (secondary N) is 1. The number of para-hydroxylation sites is 1. The predicted molar refractivity (Wildman–Crippen MR) is 139 cm³/mol. The van der Waals surface area contributed by atoms with Crippen LogP contribution in [0.4, 0.5) is 5.69 Å². The molecule has 2 atom stereocenters. The van der Waals surface area contributed by atoms with Crippen LogP contribution in [0, 0.1) is 0 Å². The van der Waals surface area contributed by atoms with Crippen molar-refractivity contribution in [3.63, 3.8) is 0 Å². The molecular formula is C31H31NO. The highest BCUT2D eigenvalue weighted by Gasteiger charge is 2.21. The highest BCUT2D eigenvalue weighted by atomic mass is 16.5. The highest BCUT2D eigenvalue weighted by molar-refractivity contribution is 5.84. The molecule has 0 amide bonds. The second kappa shape index (κ2) is 9.54. The first-order valence-electron chi connectivity index (χ1n) is 12.0. The van der Waals surface area contributed by atoms with Crippen molar-refractivity contribution in [3.05, 3.63) is 125 Å². The molecule has 3 aromatic rings. The maximum Gasteiger partial charge on any atom is 0.136 e. The maximum absolute atomic E-state index is 6.47. The number of aryl methyl sites for hydroxylation is 2. The van der Waals surface area contributed by atoms with Gasteiger partial charge in [-0.3, -0.25) is 0 Å². The van der Waals surface area contributed by atoms with Gasteiger partial charge in [-0.1, -0.05) is 86.7 Å². The molecule has 1 N–H and O–H groups in total. The van der Waals surface area contributed by atoms with Gasteiger partial charge in [0.15, 0.2) is 0 Å². The van der Waals surface area contributed by atoms with Gasteiger partial charge in [0.2, 0.25) is 0 Å². The molecule has 33 heavy (non-hydrogen) atoms. The number of fused-ring (bicyclic) bond motifs is 1. The van der Waals surface area contributed by atoms with Gasteiger partial charge in [0.25, 0.3) is 0 Å². The average Bonchev–Trinajstić information content (AvgIpc) is 3.30. The summed E-state index contributed by atoms with van der Waals surface area (Å²) in [5.41, 5.74) is 8.84. The molecule has 0 saturated carbocycles. The van der Waals surface area contributed by atoms with Crippen LogP contribution in [0.2, 0.25) is 0 Å². The average molecular weight is 434 g/mol. The first kappa shape index (κ1) is 21.3. The summed E-state index contributed by atoms with van der Waals surface area (Å²) in [5.74, 6) is 1.29. The molecule has 166 valence electrons. The summed E-state index contributed by atoms with van der Waals surface area (Å²) < 4.78 is 6.47. The summed E-state index contributed by atoms with van der Waals surface area (Å²) >= 11 is 0. The summed E-state index contributed by atoms with van der Waals surface area (Å²) in [6, 6.07) is 26.2. The Labute approximate surface area is 197 Å². The Morgan fingerprint density at radius 3 is 2.18 bits per heavy atom. The van der Waals surface area contributed by atoms with Crippen molar-refractivity contribution >= 4 is 17.0 Å². The summed E-state index contributed by atoms with van der Waals surface area (Å²) in [4.78, 5) is 0. The van der Waals surface area contributed by atoms with E-state index in [9.17, 15) is 0 Å². The van der Waals surface area contributed by atoms with Gasteiger partial charge in [-0.15, -0.1) is 0 Å². The third kappa shape index (κ3) is 4.66. The number of rotatable bonds is 6. The molecule has 0 radical (unpaired) electrons. The van der Waals surface area contributed by atoms with Crippen LogP contribution in [0.1, 0.15) is 47.6 Å². The lowest BCUT2D eigenvalue weighted by atomic mass is 9.96. The minimum absolute atomic E-state index is 0.107. The number of hydrogen-bond donors (Lipinski definition) is 1. The van der Waals surface area contributed by atoms with E-state index in [4.69, 9.17) is 4.74 Å². The first-order valence-corrected chi connectivity index (χ1v) is 12.0. The molecule has 5 rings (SSSR count). The van der Waals surface area contributed by atoms with Crippen LogP contribution >= 0.6 is 0 Å². The monoisotopic (exact) mass is 433 g/mol. The molecule has 2 aliphatic rings. The zero-order valence-electron chi connectivity index (χ0n) is 19.4. The standard InChI is InChI=1S/C31H31NO/c1-3-22-9-13-24(14-10-22)27-19-28(18-17-26-21-32-30-8-6-5-7-29(26)30)33-31(20-27)25-15-11-23(4-2)12-16-25/h5-20,26,28,32H,3-4,21H2,1-2H3/b18-17+. The van der Waals surface area contributed by atoms with Crippen molar-refractivity contribution < 1.29 is 4.74 Å². The Bertz CT molecular complexity index is 1200. The van der Waals surface area contributed by atoms with E-state index in [1.807, 2.05) is 0 Å². The van der Waals surface area contributed by atoms with Gasteiger partial charge in [-0.25, -0.2) is 0 Å². The van der Waals surface area contributed by atoms with E-state index in [0.29, 0.717) is 5.92 Å². The Kier molecular flexibility index (Phi) is 6.17. The molecule has 0 saturated heterocycles. The summed E-state index contributed by atoms with van der Waals surface area (Å²) in [5, 5.41) is 3.51. The van der Waals surface area contributed by atoms with Crippen molar-refractivity contribution in [1.82, 2.24) is 0 Å². The van der Waals surface area contributed by atoms with Gasteiger partial charge in [0.05, 0.1) is 0 Å². The molecule has 0 aromatic heterocycles. The van der Waals surface area contributed by atoms with E-state index in [2.05, 4.69) is 116 Å². The van der Waals surface area contributed by atoms with Crippen LogP contribution in [-0.4, -0.2) is 12.6 Å². The van der Waals surface area contributed by atoms with E-state index in [1.54, 1.807) is 0 Å². The molecule has 2 heteroatoms. The van der Waals surface area contributed by atoms with Crippen LogP contribution in [0.3, 0.4) is 0 Å². The summed E-state index contributed by atoms with van der Waals surface area (Å²) in [6.45, 7) is 5.30. The van der Waals surface area contributed by atoms with Gasteiger partial charge in [0.1, 0.15) is 11.9 Å². The second-order valence-electron chi connectivity index (χ2n) is 8.77. The van der Waals surface area contributed by atoms with E-state index < -0.39 is 0 Å². The normalized spacial score (nSPS) is 19.5. The SMILES string of the molecule is CCc1ccc(C2=CC(/C=C/C3CNc4ccccc43)OC(c3ccc(CC)cc3)=C2)cc1. The fourth-order valence-corrected chi connectivity index (χ4v) is 4.57. The second-order valence-corrected chi connectivity index (χ2v) is 8.77. The van der Waals surface area contributed by atoms with Gasteiger partial charge in [0, 0.05) is 23.7 Å². The predicted octanol–water partition coefficient (Wildman–Crippen LogP) is 7.40. The molecule has 0 bridgehead atoms. The molecule has 3 aromatic carbocycles. The Hall–Kier alpha value is -3.52. The van der Waals surface area contributed by atoms with Crippen molar-refractivity contribution in [2.24, 2.45) is 0 Å². The Morgan fingerprint density at radius 1 is 0.818 bits per heavy atom. The smallest absolute Gasteiger partial charge is 0.136 e. The molecule has 2 unspecified atom stereocenters. The van der Waals surface area contributed by atoms with Crippen LogP contribution in [0.5, 0.6) is 0 Å².